The highest BCUT2D eigenvalue weighted by Crippen LogP contribution is 2.26. The Bertz CT molecular complexity index is 452. The van der Waals surface area contributed by atoms with Crippen molar-refractivity contribution in [2.75, 3.05) is 18.4 Å². The molecule has 0 saturated carbocycles. The predicted molar refractivity (Wildman–Crippen MR) is 77.5 cm³/mol. The Hall–Kier alpha value is -1.16. The van der Waals surface area contributed by atoms with E-state index in [2.05, 4.69) is 29.5 Å². The molecule has 1 aliphatic heterocycles. The third kappa shape index (κ3) is 2.89. The molecular formula is C15H24N4. The Morgan fingerprint density at radius 1 is 1.16 bits per heavy atom. The molecule has 1 aromatic heterocycles. The molecule has 4 nitrogen and oxygen atoms in total. The molecule has 0 aromatic carbocycles. The number of hydrogen-bond acceptors (Lipinski definition) is 4. The fourth-order valence-electron chi connectivity index (χ4n) is 3.17. The van der Waals surface area contributed by atoms with Gasteiger partial charge >= 0.3 is 0 Å². The number of fused-ring (bicyclic) bond motifs is 1. The van der Waals surface area contributed by atoms with Crippen LogP contribution in [-0.2, 0) is 12.8 Å². The van der Waals surface area contributed by atoms with E-state index in [-0.39, 0.29) is 0 Å². The van der Waals surface area contributed by atoms with Crippen LogP contribution < -0.4 is 10.6 Å². The third-order valence-electron chi connectivity index (χ3n) is 4.40. The number of hydrogen-bond donors (Lipinski definition) is 2. The Balaban J connectivity index is 1.77. The van der Waals surface area contributed by atoms with Gasteiger partial charge in [-0.2, -0.15) is 0 Å². The lowest BCUT2D eigenvalue weighted by Gasteiger charge is -2.26. The maximum Gasteiger partial charge on any atom is 0.223 e. The first-order chi connectivity index (χ1) is 9.22. The van der Waals surface area contributed by atoms with E-state index in [0.29, 0.717) is 6.04 Å². The summed E-state index contributed by atoms with van der Waals surface area (Å²) in [6.07, 6.45) is 5.85. The normalized spacial score (nSPS) is 24.0. The third-order valence-corrected chi connectivity index (χ3v) is 4.40. The van der Waals surface area contributed by atoms with Crippen molar-refractivity contribution in [2.24, 2.45) is 5.92 Å². The summed E-state index contributed by atoms with van der Waals surface area (Å²) in [6, 6.07) is 0.529. The second kappa shape index (κ2) is 5.45. The lowest BCUT2D eigenvalue weighted by molar-refractivity contribution is 0.473. The minimum Gasteiger partial charge on any atom is -0.351 e. The first-order valence-corrected chi connectivity index (χ1v) is 7.56. The molecule has 0 spiro atoms. The van der Waals surface area contributed by atoms with Gasteiger partial charge in [-0.3, -0.25) is 0 Å². The largest absolute Gasteiger partial charge is 0.351 e. The van der Waals surface area contributed by atoms with Crippen molar-refractivity contribution in [1.82, 2.24) is 15.3 Å². The van der Waals surface area contributed by atoms with Crippen molar-refractivity contribution in [3.05, 3.63) is 17.0 Å². The van der Waals surface area contributed by atoms with Crippen molar-refractivity contribution in [2.45, 2.75) is 52.0 Å². The van der Waals surface area contributed by atoms with Gasteiger partial charge in [-0.05, 0) is 63.6 Å². The van der Waals surface area contributed by atoms with Crippen LogP contribution in [0.5, 0.6) is 0 Å². The molecule has 0 bridgehead atoms. The van der Waals surface area contributed by atoms with Crippen molar-refractivity contribution in [1.29, 1.82) is 0 Å². The minimum atomic E-state index is 0.529. The molecule has 2 heterocycles. The lowest BCUT2D eigenvalue weighted by Crippen LogP contribution is -2.36. The molecule has 1 aromatic rings. The van der Waals surface area contributed by atoms with Crippen LogP contribution in [0.2, 0.25) is 0 Å². The average Bonchev–Trinajstić information content (AvgIpc) is 2.41. The van der Waals surface area contributed by atoms with Crippen LogP contribution >= 0.6 is 0 Å². The van der Waals surface area contributed by atoms with E-state index in [0.717, 1.165) is 50.6 Å². The quantitative estimate of drug-likeness (QED) is 0.855. The molecule has 1 aliphatic carbocycles. The van der Waals surface area contributed by atoms with Crippen molar-refractivity contribution in [3.63, 3.8) is 0 Å². The number of nitrogens with zero attached hydrogens (tertiary/aromatic N) is 2. The molecular weight excluding hydrogens is 236 g/mol. The van der Waals surface area contributed by atoms with Gasteiger partial charge in [0.05, 0.1) is 0 Å². The lowest BCUT2D eigenvalue weighted by atomic mass is 9.87. The van der Waals surface area contributed by atoms with E-state index in [1.165, 1.54) is 23.4 Å². The summed E-state index contributed by atoms with van der Waals surface area (Å²) >= 11 is 0. The van der Waals surface area contributed by atoms with E-state index in [4.69, 9.17) is 4.98 Å². The first kappa shape index (κ1) is 12.9. The molecule has 1 atom stereocenters. The highest BCUT2D eigenvalue weighted by molar-refractivity contribution is 5.36. The van der Waals surface area contributed by atoms with Crippen LogP contribution in [-0.4, -0.2) is 29.1 Å². The van der Waals surface area contributed by atoms with E-state index >= 15 is 0 Å². The first-order valence-electron chi connectivity index (χ1n) is 7.56. The van der Waals surface area contributed by atoms with Gasteiger partial charge in [0.15, 0.2) is 0 Å². The molecule has 0 radical (unpaired) electrons. The average molecular weight is 260 g/mol. The SMILES string of the molecule is Cc1nc(NC2CCNCC2)nc2c1CC(C)CC2. The van der Waals surface area contributed by atoms with Gasteiger partial charge in [0.1, 0.15) is 0 Å². The van der Waals surface area contributed by atoms with Crippen LogP contribution in [0.1, 0.15) is 43.1 Å². The fourth-order valence-corrected chi connectivity index (χ4v) is 3.17. The highest BCUT2D eigenvalue weighted by Gasteiger charge is 2.21. The molecule has 19 heavy (non-hydrogen) atoms. The van der Waals surface area contributed by atoms with Gasteiger partial charge in [0.2, 0.25) is 5.95 Å². The summed E-state index contributed by atoms with van der Waals surface area (Å²) in [5.41, 5.74) is 3.85. The van der Waals surface area contributed by atoms with Crippen molar-refractivity contribution in [3.8, 4) is 0 Å². The van der Waals surface area contributed by atoms with E-state index in [9.17, 15) is 0 Å². The van der Waals surface area contributed by atoms with Crippen molar-refractivity contribution < 1.29 is 0 Å². The standard InChI is InChI=1S/C15H24N4/c1-10-3-4-14-13(9-10)11(2)17-15(19-14)18-12-5-7-16-8-6-12/h10,12,16H,3-9H2,1-2H3,(H,17,18,19). The van der Waals surface area contributed by atoms with Crippen LogP contribution in [0.3, 0.4) is 0 Å². The predicted octanol–water partition coefficient (Wildman–Crippen LogP) is 2.07. The van der Waals surface area contributed by atoms with Crippen molar-refractivity contribution >= 4 is 5.95 Å². The zero-order valence-electron chi connectivity index (χ0n) is 12.0. The van der Waals surface area contributed by atoms with Gasteiger partial charge in [0, 0.05) is 17.4 Å². The number of anilines is 1. The Kier molecular flexibility index (Phi) is 3.69. The summed E-state index contributed by atoms with van der Waals surface area (Å²) in [5.74, 6) is 1.62. The number of piperidine rings is 1. The second-order valence-electron chi connectivity index (χ2n) is 6.07. The smallest absolute Gasteiger partial charge is 0.223 e. The molecule has 1 saturated heterocycles. The van der Waals surface area contributed by atoms with Gasteiger partial charge in [-0.25, -0.2) is 9.97 Å². The molecule has 1 fully saturated rings. The van der Waals surface area contributed by atoms with E-state index in [1.54, 1.807) is 0 Å². The molecule has 2 N–H and O–H groups in total. The molecule has 1 unspecified atom stereocenters. The van der Waals surface area contributed by atoms with Crippen LogP contribution in [0.4, 0.5) is 5.95 Å². The van der Waals surface area contributed by atoms with Crippen LogP contribution in [0.15, 0.2) is 0 Å². The van der Waals surface area contributed by atoms with Crippen LogP contribution in [0.25, 0.3) is 0 Å². The topological polar surface area (TPSA) is 49.8 Å². The summed E-state index contributed by atoms with van der Waals surface area (Å²) in [5, 5.41) is 6.91. The minimum absolute atomic E-state index is 0.529. The maximum absolute atomic E-state index is 4.76. The van der Waals surface area contributed by atoms with Gasteiger partial charge in [0.25, 0.3) is 0 Å². The number of rotatable bonds is 2. The number of aryl methyl sites for hydroxylation is 2. The zero-order valence-corrected chi connectivity index (χ0v) is 12.0. The maximum atomic E-state index is 4.76. The Morgan fingerprint density at radius 3 is 2.74 bits per heavy atom. The summed E-state index contributed by atoms with van der Waals surface area (Å²) < 4.78 is 0. The fraction of sp³-hybridized carbons (Fsp3) is 0.733. The highest BCUT2D eigenvalue weighted by atomic mass is 15.1. The Labute approximate surface area is 115 Å². The Morgan fingerprint density at radius 2 is 1.95 bits per heavy atom. The number of nitrogens with one attached hydrogen (secondary N) is 2. The van der Waals surface area contributed by atoms with Gasteiger partial charge in [-0.1, -0.05) is 6.92 Å². The summed E-state index contributed by atoms with van der Waals surface area (Å²) in [7, 11) is 0. The second-order valence-corrected chi connectivity index (χ2v) is 6.07. The van der Waals surface area contributed by atoms with Gasteiger partial charge < -0.3 is 10.6 Å². The molecule has 2 aliphatic rings. The van der Waals surface area contributed by atoms with Gasteiger partial charge in [-0.15, -0.1) is 0 Å². The summed E-state index contributed by atoms with van der Waals surface area (Å²) in [6.45, 7) is 6.65. The number of aromatic nitrogens is 2. The van der Waals surface area contributed by atoms with E-state index in [1.807, 2.05) is 0 Å². The van der Waals surface area contributed by atoms with E-state index < -0.39 is 0 Å². The zero-order chi connectivity index (χ0) is 13.2. The molecule has 4 heteroatoms. The molecule has 104 valence electrons. The van der Waals surface area contributed by atoms with Crippen LogP contribution in [0, 0.1) is 12.8 Å². The monoisotopic (exact) mass is 260 g/mol. The summed E-state index contributed by atoms with van der Waals surface area (Å²) in [4.78, 5) is 9.43. The molecule has 0 amide bonds. The molecule has 3 rings (SSSR count).